The van der Waals surface area contributed by atoms with Crippen LogP contribution in [0.1, 0.15) is 23.3 Å². The molecule has 1 aliphatic carbocycles. The van der Waals surface area contributed by atoms with Gasteiger partial charge >= 0.3 is 0 Å². The maximum atomic E-state index is 13.2. The fraction of sp³-hybridized carbons (Fsp3) is 0.353. The van der Waals surface area contributed by atoms with Crippen LogP contribution >= 0.6 is 46.9 Å². The average Bonchev–Trinajstić information content (AvgIpc) is 3.11. The van der Waals surface area contributed by atoms with E-state index in [1.54, 1.807) is 17.4 Å². The number of aliphatic imine (C=N–C) groups is 1. The third-order valence-corrected chi connectivity index (χ3v) is 5.41. The first kappa shape index (κ1) is 19.5. The molecule has 0 radical (unpaired) electrons. The maximum absolute atomic E-state index is 13.2. The summed E-state index contributed by atoms with van der Waals surface area (Å²) in [5.74, 6) is 0.138. The molecule has 24 heavy (non-hydrogen) atoms. The van der Waals surface area contributed by atoms with Crippen molar-refractivity contribution in [2.24, 2.45) is 10.7 Å². The summed E-state index contributed by atoms with van der Waals surface area (Å²) in [7, 11) is 0. The molecule has 1 fully saturated rings. The third kappa shape index (κ3) is 4.83. The topological polar surface area (TPSA) is 50.4 Å². The molecule has 1 aromatic heterocycles. The largest absolute Gasteiger partial charge is 0.370 e. The Kier molecular flexibility index (Phi) is 6.88. The van der Waals surface area contributed by atoms with Crippen molar-refractivity contribution in [3.05, 3.63) is 57.0 Å². The minimum absolute atomic E-state index is 0. The number of nitrogens with zero attached hydrogens (tertiary/aromatic N) is 1. The molecule has 0 saturated heterocycles. The molecule has 0 spiro atoms. The van der Waals surface area contributed by atoms with Crippen molar-refractivity contribution in [2.75, 3.05) is 13.1 Å². The highest BCUT2D eigenvalue weighted by molar-refractivity contribution is 14.0. The van der Waals surface area contributed by atoms with Crippen LogP contribution in [0.25, 0.3) is 0 Å². The van der Waals surface area contributed by atoms with Crippen LogP contribution < -0.4 is 11.1 Å². The summed E-state index contributed by atoms with van der Waals surface area (Å²) in [6, 6.07) is 8.73. The van der Waals surface area contributed by atoms with E-state index in [1.807, 2.05) is 6.07 Å². The molecule has 0 amide bonds. The molecule has 3 rings (SSSR count). The highest BCUT2D eigenvalue weighted by Gasteiger charge is 2.45. The number of hydrogen-bond acceptors (Lipinski definition) is 2. The van der Waals surface area contributed by atoms with Crippen LogP contribution in [0.3, 0.4) is 0 Å². The number of thiophene rings is 1. The molecule has 1 heterocycles. The molecule has 0 unspecified atom stereocenters. The van der Waals surface area contributed by atoms with Crippen molar-refractivity contribution in [1.29, 1.82) is 0 Å². The second kappa shape index (κ2) is 8.49. The van der Waals surface area contributed by atoms with Crippen molar-refractivity contribution in [3.63, 3.8) is 0 Å². The Morgan fingerprint density at radius 2 is 2.17 bits per heavy atom. The quantitative estimate of drug-likeness (QED) is 0.368. The minimum atomic E-state index is -0.312. The Hall–Kier alpha value is -0.860. The fourth-order valence-electron chi connectivity index (χ4n) is 2.64. The Labute approximate surface area is 167 Å². The zero-order valence-electron chi connectivity index (χ0n) is 13.1. The van der Waals surface area contributed by atoms with Gasteiger partial charge in [-0.15, -0.1) is 35.3 Å². The Morgan fingerprint density at radius 1 is 1.38 bits per heavy atom. The molecule has 3 N–H and O–H groups in total. The first-order valence-corrected chi connectivity index (χ1v) is 8.87. The lowest BCUT2D eigenvalue weighted by molar-refractivity contribution is 0.623. The first-order valence-electron chi connectivity index (χ1n) is 7.61. The number of halogens is 3. The zero-order chi connectivity index (χ0) is 16.3. The number of guanidine groups is 1. The summed E-state index contributed by atoms with van der Waals surface area (Å²) < 4.78 is 13.2. The molecule has 2 aromatic rings. The highest BCUT2D eigenvalue weighted by Crippen LogP contribution is 2.50. The Bertz CT molecular complexity index is 702. The molecular formula is C17H20ClFIN3S. The van der Waals surface area contributed by atoms with Gasteiger partial charge in [-0.25, -0.2) is 4.39 Å². The van der Waals surface area contributed by atoms with Gasteiger partial charge in [0, 0.05) is 21.9 Å². The van der Waals surface area contributed by atoms with E-state index in [2.05, 4.69) is 21.8 Å². The number of nitrogens with one attached hydrogen (secondary N) is 1. The number of rotatable bonds is 6. The first-order chi connectivity index (χ1) is 11.1. The molecule has 1 aromatic carbocycles. The van der Waals surface area contributed by atoms with E-state index in [0.717, 1.165) is 31.4 Å². The monoisotopic (exact) mass is 479 g/mol. The predicted octanol–water partition coefficient (Wildman–Crippen LogP) is 4.34. The van der Waals surface area contributed by atoms with E-state index in [1.165, 1.54) is 17.0 Å². The van der Waals surface area contributed by atoms with Gasteiger partial charge in [0.1, 0.15) is 5.82 Å². The van der Waals surface area contributed by atoms with Gasteiger partial charge in [0.15, 0.2) is 5.96 Å². The van der Waals surface area contributed by atoms with Crippen LogP contribution in [0.4, 0.5) is 4.39 Å². The SMILES string of the molecule is I.NC(=NCC1(c2ccc(F)cc2Cl)CC1)NCCc1cccs1. The van der Waals surface area contributed by atoms with Gasteiger partial charge in [-0.05, 0) is 48.4 Å². The summed E-state index contributed by atoms with van der Waals surface area (Å²) in [5.41, 5.74) is 6.83. The van der Waals surface area contributed by atoms with E-state index in [4.69, 9.17) is 17.3 Å². The third-order valence-electron chi connectivity index (χ3n) is 4.17. The van der Waals surface area contributed by atoms with Crippen LogP contribution in [-0.2, 0) is 11.8 Å². The molecular weight excluding hydrogens is 460 g/mol. The number of benzene rings is 1. The van der Waals surface area contributed by atoms with Crippen molar-refractivity contribution in [1.82, 2.24) is 5.32 Å². The van der Waals surface area contributed by atoms with Crippen LogP contribution in [-0.4, -0.2) is 19.0 Å². The van der Waals surface area contributed by atoms with E-state index < -0.39 is 0 Å². The van der Waals surface area contributed by atoms with Gasteiger partial charge < -0.3 is 11.1 Å². The molecule has 0 aliphatic heterocycles. The maximum Gasteiger partial charge on any atom is 0.188 e. The summed E-state index contributed by atoms with van der Waals surface area (Å²) in [4.78, 5) is 5.77. The molecule has 0 atom stereocenters. The minimum Gasteiger partial charge on any atom is -0.370 e. The fourth-order valence-corrected chi connectivity index (χ4v) is 3.72. The van der Waals surface area contributed by atoms with Crippen LogP contribution in [0.5, 0.6) is 0 Å². The number of hydrogen-bond donors (Lipinski definition) is 2. The predicted molar refractivity (Wildman–Crippen MR) is 110 cm³/mol. The van der Waals surface area contributed by atoms with Gasteiger partial charge in [-0.2, -0.15) is 0 Å². The van der Waals surface area contributed by atoms with Gasteiger partial charge in [-0.3, -0.25) is 4.99 Å². The standard InChI is InChI=1S/C17H19ClFN3S.HI/c18-15-10-12(19)3-4-14(15)17(6-7-17)11-22-16(20)21-8-5-13-2-1-9-23-13;/h1-4,9-10H,5-8,11H2,(H3,20,21,22);1H. The van der Waals surface area contributed by atoms with Crippen LogP contribution in [0.2, 0.25) is 5.02 Å². The van der Waals surface area contributed by atoms with Gasteiger partial charge in [0.05, 0.1) is 6.54 Å². The van der Waals surface area contributed by atoms with Crippen LogP contribution in [0.15, 0.2) is 40.7 Å². The zero-order valence-corrected chi connectivity index (χ0v) is 17.0. The van der Waals surface area contributed by atoms with E-state index >= 15 is 0 Å². The van der Waals surface area contributed by atoms with Crippen molar-refractivity contribution in [3.8, 4) is 0 Å². The van der Waals surface area contributed by atoms with E-state index in [9.17, 15) is 4.39 Å². The Balaban J connectivity index is 0.00000208. The summed E-state index contributed by atoms with van der Waals surface area (Å²) >= 11 is 7.91. The lowest BCUT2D eigenvalue weighted by Gasteiger charge is -2.15. The summed E-state index contributed by atoms with van der Waals surface area (Å²) in [5, 5.41) is 5.68. The lowest BCUT2D eigenvalue weighted by Crippen LogP contribution is -2.34. The average molecular weight is 480 g/mol. The van der Waals surface area contributed by atoms with Crippen LogP contribution in [0, 0.1) is 5.82 Å². The molecule has 0 bridgehead atoms. The summed E-state index contributed by atoms with van der Waals surface area (Å²) in [6.45, 7) is 1.34. The second-order valence-corrected chi connectivity index (χ2v) is 7.30. The highest BCUT2D eigenvalue weighted by atomic mass is 127. The van der Waals surface area contributed by atoms with Gasteiger partial charge in [0.2, 0.25) is 0 Å². The number of nitrogens with two attached hydrogens (primary N) is 1. The van der Waals surface area contributed by atoms with Crippen molar-refractivity contribution >= 4 is 52.9 Å². The lowest BCUT2D eigenvalue weighted by atomic mass is 9.96. The molecule has 3 nitrogen and oxygen atoms in total. The van der Waals surface area contributed by atoms with Crippen molar-refractivity contribution < 1.29 is 4.39 Å². The summed E-state index contributed by atoms with van der Waals surface area (Å²) in [6.07, 6.45) is 2.94. The molecule has 1 saturated carbocycles. The molecule has 1 aliphatic rings. The smallest absolute Gasteiger partial charge is 0.188 e. The molecule has 7 heteroatoms. The van der Waals surface area contributed by atoms with E-state index in [-0.39, 0.29) is 35.2 Å². The Morgan fingerprint density at radius 3 is 2.79 bits per heavy atom. The molecule has 130 valence electrons. The second-order valence-electron chi connectivity index (χ2n) is 5.86. The van der Waals surface area contributed by atoms with Gasteiger partial charge in [-0.1, -0.05) is 23.7 Å². The van der Waals surface area contributed by atoms with Gasteiger partial charge in [0.25, 0.3) is 0 Å². The van der Waals surface area contributed by atoms with Crippen molar-refractivity contribution in [2.45, 2.75) is 24.7 Å². The normalized spacial score (nSPS) is 15.7. The van der Waals surface area contributed by atoms with E-state index in [0.29, 0.717) is 17.5 Å².